The van der Waals surface area contributed by atoms with Crippen LogP contribution >= 0.6 is 11.6 Å². The van der Waals surface area contributed by atoms with Gasteiger partial charge in [-0.2, -0.15) is 0 Å². The standard InChI is InChI=1S/C18H15ClFNO3/c1-12-4-2-3-5-13(12)6-9-18(23)24-11-17(22)21-14-7-8-16(20)15(19)10-14/h2-10H,11H2,1H3,(H,21,22)/b9-6+. The van der Waals surface area contributed by atoms with Crippen LogP contribution in [-0.4, -0.2) is 18.5 Å². The fourth-order valence-electron chi connectivity index (χ4n) is 1.89. The highest BCUT2D eigenvalue weighted by molar-refractivity contribution is 6.31. The number of esters is 1. The number of carbonyl (C=O) groups is 2. The summed E-state index contributed by atoms with van der Waals surface area (Å²) in [5, 5.41) is 2.35. The molecule has 2 aromatic rings. The highest BCUT2D eigenvalue weighted by atomic mass is 35.5. The van der Waals surface area contributed by atoms with E-state index in [1.165, 1.54) is 18.2 Å². The first-order chi connectivity index (χ1) is 11.5. The molecule has 0 aliphatic carbocycles. The lowest BCUT2D eigenvalue weighted by Gasteiger charge is -2.06. The van der Waals surface area contributed by atoms with Gasteiger partial charge in [-0.05, 0) is 42.3 Å². The maximum Gasteiger partial charge on any atom is 0.331 e. The number of nitrogens with one attached hydrogen (secondary N) is 1. The van der Waals surface area contributed by atoms with Gasteiger partial charge in [-0.25, -0.2) is 9.18 Å². The number of hydrogen-bond acceptors (Lipinski definition) is 3. The minimum absolute atomic E-state index is 0.106. The summed E-state index contributed by atoms with van der Waals surface area (Å²) in [6.45, 7) is 1.47. The number of amides is 1. The van der Waals surface area contributed by atoms with Crippen molar-refractivity contribution in [1.82, 2.24) is 0 Å². The van der Waals surface area contributed by atoms with Crippen molar-refractivity contribution in [2.75, 3.05) is 11.9 Å². The van der Waals surface area contributed by atoms with Crippen LogP contribution < -0.4 is 5.32 Å². The van der Waals surface area contributed by atoms with Crippen LogP contribution in [0.1, 0.15) is 11.1 Å². The Balaban J connectivity index is 1.84. The number of rotatable bonds is 5. The summed E-state index contributed by atoms with van der Waals surface area (Å²) in [5.41, 5.74) is 2.23. The largest absolute Gasteiger partial charge is 0.452 e. The van der Waals surface area contributed by atoms with Crippen LogP contribution in [0.5, 0.6) is 0 Å². The molecule has 0 aliphatic rings. The van der Waals surface area contributed by atoms with Crippen LogP contribution in [-0.2, 0) is 14.3 Å². The number of anilines is 1. The predicted octanol–water partition coefficient (Wildman–Crippen LogP) is 3.98. The first-order valence-corrected chi connectivity index (χ1v) is 7.49. The first-order valence-electron chi connectivity index (χ1n) is 7.11. The van der Waals surface area contributed by atoms with E-state index < -0.39 is 24.3 Å². The van der Waals surface area contributed by atoms with E-state index in [0.29, 0.717) is 5.69 Å². The van der Waals surface area contributed by atoms with Gasteiger partial charge in [0.15, 0.2) is 6.61 Å². The second-order valence-electron chi connectivity index (χ2n) is 4.97. The average molecular weight is 348 g/mol. The third-order valence-electron chi connectivity index (χ3n) is 3.14. The Morgan fingerprint density at radius 3 is 2.71 bits per heavy atom. The maximum absolute atomic E-state index is 13.0. The number of carbonyl (C=O) groups excluding carboxylic acids is 2. The fraction of sp³-hybridized carbons (Fsp3) is 0.111. The molecule has 0 saturated carbocycles. The van der Waals surface area contributed by atoms with Gasteiger partial charge in [0.2, 0.25) is 0 Å². The van der Waals surface area contributed by atoms with Crippen molar-refractivity contribution in [2.24, 2.45) is 0 Å². The van der Waals surface area contributed by atoms with Crippen LogP contribution in [0.3, 0.4) is 0 Å². The fourth-order valence-corrected chi connectivity index (χ4v) is 2.07. The summed E-state index contributed by atoms with van der Waals surface area (Å²) in [6, 6.07) is 11.3. The van der Waals surface area contributed by atoms with Crippen molar-refractivity contribution in [3.05, 3.63) is 70.5 Å². The van der Waals surface area contributed by atoms with Gasteiger partial charge in [0.1, 0.15) is 5.82 Å². The lowest BCUT2D eigenvalue weighted by atomic mass is 10.1. The van der Waals surface area contributed by atoms with Gasteiger partial charge < -0.3 is 10.1 Å². The van der Waals surface area contributed by atoms with E-state index in [2.05, 4.69) is 5.32 Å². The highest BCUT2D eigenvalue weighted by Crippen LogP contribution is 2.19. The monoisotopic (exact) mass is 347 g/mol. The SMILES string of the molecule is Cc1ccccc1/C=C/C(=O)OCC(=O)Nc1ccc(F)c(Cl)c1. The van der Waals surface area contributed by atoms with Crippen molar-refractivity contribution >= 4 is 35.2 Å². The molecule has 124 valence electrons. The molecule has 0 aliphatic heterocycles. The first kappa shape index (κ1) is 17.7. The molecule has 0 bridgehead atoms. The Bertz CT molecular complexity index is 790. The Hall–Kier alpha value is -2.66. The topological polar surface area (TPSA) is 55.4 Å². The molecule has 0 spiro atoms. The third kappa shape index (κ3) is 5.21. The molecular weight excluding hydrogens is 333 g/mol. The lowest BCUT2D eigenvalue weighted by molar-refractivity contribution is -0.142. The molecule has 0 heterocycles. The van der Waals surface area contributed by atoms with Gasteiger partial charge in [-0.3, -0.25) is 4.79 Å². The van der Waals surface area contributed by atoms with Gasteiger partial charge in [0.05, 0.1) is 5.02 Å². The second-order valence-corrected chi connectivity index (χ2v) is 5.38. The molecule has 0 fully saturated rings. The zero-order valence-corrected chi connectivity index (χ0v) is 13.6. The van der Waals surface area contributed by atoms with E-state index in [9.17, 15) is 14.0 Å². The molecule has 0 unspecified atom stereocenters. The lowest BCUT2D eigenvalue weighted by Crippen LogP contribution is -2.20. The van der Waals surface area contributed by atoms with Gasteiger partial charge >= 0.3 is 5.97 Å². The highest BCUT2D eigenvalue weighted by Gasteiger charge is 2.07. The van der Waals surface area contributed by atoms with E-state index in [1.54, 1.807) is 6.08 Å². The molecule has 6 heteroatoms. The van der Waals surface area contributed by atoms with Crippen LogP contribution in [0.15, 0.2) is 48.5 Å². The zero-order valence-electron chi connectivity index (χ0n) is 12.9. The van der Waals surface area contributed by atoms with Crippen molar-refractivity contribution < 1.29 is 18.7 Å². The predicted molar refractivity (Wildman–Crippen MR) is 91.2 cm³/mol. The molecule has 0 atom stereocenters. The molecule has 1 N–H and O–H groups in total. The molecule has 0 radical (unpaired) electrons. The second kappa shape index (κ2) is 8.26. The number of ether oxygens (including phenoxy) is 1. The van der Waals surface area contributed by atoms with E-state index in [-0.39, 0.29) is 5.02 Å². The van der Waals surface area contributed by atoms with E-state index >= 15 is 0 Å². The Morgan fingerprint density at radius 2 is 2.00 bits per heavy atom. The minimum atomic E-state index is -0.634. The number of benzene rings is 2. The molecule has 0 saturated heterocycles. The number of hydrogen-bond donors (Lipinski definition) is 1. The van der Waals surface area contributed by atoms with Gasteiger partial charge in [-0.1, -0.05) is 35.9 Å². The number of halogens is 2. The van der Waals surface area contributed by atoms with Crippen molar-refractivity contribution in [3.63, 3.8) is 0 Å². The van der Waals surface area contributed by atoms with Crippen LogP contribution in [0.4, 0.5) is 10.1 Å². The van der Waals surface area contributed by atoms with Gasteiger partial charge in [0, 0.05) is 11.8 Å². The molecule has 4 nitrogen and oxygen atoms in total. The summed E-state index contributed by atoms with van der Waals surface area (Å²) >= 11 is 5.62. The number of aryl methyl sites for hydroxylation is 1. The summed E-state index contributed by atoms with van der Waals surface area (Å²) in [4.78, 5) is 23.3. The molecule has 2 rings (SSSR count). The molecule has 0 aromatic heterocycles. The van der Waals surface area contributed by atoms with Gasteiger partial charge in [-0.15, -0.1) is 0 Å². The summed E-state index contributed by atoms with van der Waals surface area (Å²) < 4.78 is 17.9. The Morgan fingerprint density at radius 1 is 1.25 bits per heavy atom. The van der Waals surface area contributed by atoms with Crippen molar-refractivity contribution in [1.29, 1.82) is 0 Å². The van der Waals surface area contributed by atoms with Crippen molar-refractivity contribution in [3.8, 4) is 0 Å². The summed E-state index contributed by atoms with van der Waals surface area (Å²) in [7, 11) is 0. The van der Waals surface area contributed by atoms with Gasteiger partial charge in [0.25, 0.3) is 5.91 Å². The van der Waals surface area contributed by atoms with Crippen molar-refractivity contribution in [2.45, 2.75) is 6.92 Å². The smallest absolute Gasteiger partial charge is 0.331 e. The minimum Gasteiger partial charge on any atom is -0.452 e. The third-order valence-corrected chi connectivity index (χ3v) is 3.43. The van der Waals surface area contributed by atoms with Crippen LogP contribution in [0.2, 0.25) is 5.02 Å². The molecule has 2 aromatic carbocycles. The zero-order chi connectivity index (χ0) is 17.5. The average Bonchev–Trinajstić information content (AvgIpc) is 2.55. The van der Waals surface area contributed by atoms with E-state index in [1.807, 2.05) is 31.2 Å². The summed E-state index contributed by atoms with van der Waals surface area (Å²) in [5.74, 6) is -1.76. The molecule has 1 amide bonds. The summed E-state index contributed by atoms with van der Waals surface area (Å²) in [6.07, 6.45) is 2.87. The van der Waals surface area contributed by atoms with E-state index in [0.717, 1.165) is 17.2 Å². The molecular formula is C18H15ClFNO3. The Kier molecular flexibility index (Phi) is 6.09. The van der Waals surface area contributed by atoms with E-state index in [4.69, 9.17) is 16.3 Å². The maximum atomic E-state index is 13.0. The van der Waals surface area contributed by atoms with Crippen LogP contribution in [0, 0.1) is 12.7 Å². The molecule has 24 heavy (non-hydrogen) atoms. The van der Waals surface area contributed by atoms with Crippen LogP contribution in [0.25, 0.3) is 6.08 Å². The Labute approximate surface area is 143 Å². The normalized spacial score (nSPS) is 10.6. The quantitative estimate of drug-likeness (QED) is 0.657.